The normalized spacial score (nSPS) is 13.0. The van der Waals surface area contributed by atoms with E-state index in [9.17, 15) is 18.0 Å². The second-order valence-electron chi connectivity index (χ2n) is 10.5. The predicted molar refractivity (Wildman–Crippen MR) is 161 cm³/mol. The molecule has 3 rings (SSSR count). The second-order valence-corrected chi connectivity index (χ2v) is 12.4. The van der Waals surface area contributed by atoms with Gasteiger partial charge in [-0.25, -0.2) is 8.42 Å². The quantitative estimate of drug-likeness (QED) is 0.309. The van der Waals surface area contributed by atoms with Gasteiger partial charge in [0.05, 0.1) is 10.6 Å². The van der Waals surface area contributed by atoms with Gasteiger partial charge in [-0.1, -0.05) is 75.4 Å². The van der Waals surface area contributed by atoms with E-state index < -0.39 is 28.5 Å². The van der Waals surface area contributed by atoms with Crippen molar-refractivity contribution in [1.29, 1.82) is 0 Å². The summed E-state index contributed by atoms with van der Waals surface area (Å²) in [6.45, 7) is 11.4. The molecule has 1 N–H and O–H groups in total. The van der Waals surface area contributed by atoms with E-state index in [4.69, 9.17) is 0 Å². The van der Waals surface area contributed by atoms with Crippen LogP contribution in [0.15, 0.2) is 83.8 Å². The number of carbonyl (C=O) groups is 2. The van der Waals surface area contributed by atoms with Crippen LogP contribution >= 0.6 is 0 Å². The van der Waals surface area contributed by atoms with Crippen molar-refractivity contribution in [3.63, 3.8) is 0 Å². The molecule has 3 aromatic carbocycles. The van der Waals surface area contributed by atoms with Crippen molar-refractivity contribution in [1.82, 2.24) is 10.2 Å². The van der Waals surface area contributed by atoms with Gasteiger partial charge in [0, 0.05) is 12.6 Å². The first-order valence-corrected chi connectivity index (χ1v) is 15.2. The highest BCUT2D eigenvalue weighted by Crippen LogP contribution is 2.26. The first-order chi connectivity index (χ1) is 18.9. The molecule has 0 radical (unpaired) electrons. The summed E-state index contributed by atoms with van der Waals surface area (Å²) in [6, 6.07) is 22.1. The molecule has 3 aromatic rings. The minimum absolute atomic E-state index is 0.0557. The van der Waals surface area contributed by atoms with Gasteiger partial charge in [-0.2, -0.15) is 0 Å². The zero-order chi connectivity index (χ0) is 29.4. The summed E-state index contributed by atoms with van der Waals surface area (Å²) in [5.74, 6) is -0.484. The predicted octanol–water partition coefficient (Wildman–Crippen LogP) is 5.65. The Balaban J connectivity index is 2.04. The maximum atomic E-state index is 14.0. The topological polar surface area (TPSA) is 86.8 Å². The summed E-state index contributed by atoms with van der Waals surface area (Å²) < 4.78 is 28.9. The van der Waals surface area contributed by atoms with Crippen LogP contribution in [0.25, 0.3) is 0 Å². The molecule has 7 nitrogen and oxygen atoms in total. The molecule has 0 saturated heterocycles. The van der Waals surface area contributed by atoms with Gasteiger partial charge in [0.25, 0.3) is 10.0 Å². The Labute approximate surface area is 239 Å². The van der Waals surface area contributed by atoms with E-state index in [2.05, 4.69) is 19.2 Å². The molecule has 0 bridgehead atoms. The third-order valence-electron chi connectivity index (χ3n) is 7.23. The van der Waals surface area contributed by atoms with Crippen molar-refractivity contribution in [2.24, 2.45) is 0 Å². The number of sulfonamides is 1. The highest BCUT2D eigenvalue weighted by Gasteiger charge is 2.33. The zero-order valence-corrected chi connectivity index (χ0v) is 25.1. The summed E-state index contributed by atoms with van der Waals surface area (Å²) >= 11 is 0. The Bertz CT molecular complexity index is 1390. The van der Waals surface area contributed by atoms with E-state index in [0.29, 0.717) is 5.69 Å². The molecule has 0 aromatic heterocycles. The molecular weight excluding hydrogens is 522 g/mol. The lowest BCUT2D eigenvalue weighted by atomic mass is 10.0. The number of hydrogen-bond acceptors (Lipinski definition) is 4. The van der Waals surface area contributed by atoms with Gasteiger partial charge in [-0.15, -0.1) is 0 Å². The zero-order valence-electron chi connectivity index (χ0n) is 24.3. The standard InChI is InChI=1S/C32H41N3O4S/c1-7-25(5)33-32(37)26(6)34(21-28-14-12-11-13-24(28)4)31(36)22-35(29-19-17-27(18-20-29)23(2)3)40(38,39)30-15-9-8-10-16-30/h8-20,23,25-26H,7,21-22H2,1-6H3,(H,33,37)/t25-,26-/m1/s1. The number of nitrogens with zero attached hydrogens (tertiary/aromatic N) is 2. The maximum Gasteiger partial charge on any atom is 0.264 e. The fraction of sp³-hybridized carbons (Fsp3) is 0.375. The lowest BCUT2D eigenvalue weighted by Crippen LogP contribution is -2.52. The van der Waals surface area contributed by atoms with Crippen LogP contribution in [0.4, 0.5) is 5.69 Å². The van der Waals surface area contributed by atoms with Crippen molar-refractivity contribution in [3.8, 4) is 0 Å². The van der Waals surface area contributed by atoms with Gasteiger partial charge < -0.3 is 10.2 Å². The molecule has 2 amide bonds. The highest BCUT2D eigenvalue weighted by molar-refractivity contribution is 7.92. The highest BCUT2D eigenvalue weighted by atomic mass is 32.2. The lowest BCUT2D eigenvalue weighted by Gasteiger charge is -2.33. The number of anilines is 1. The Morgan fingerprint density at radius 1 is 0.850 bits per heavy atom. The summed E-state index contributed by atoms with van der Waals surface area (Å²) in [5, 5.41) is 2.96. The van der Waals surface area contributed by atoms with Crippen molar-refractivity contribution in [2.45, 2.75) is 77.4 Å². The Hall–Kier alpha value is -3.65. The molecule has 0 aliphatic heterocycles. The summed E-state index contributed by atoms with van der Waals surface area (Å²) in [4.78, 5) is 28.8. The molecule has 2 atom stereocenters. The Morgan fingerprint density at radius 2 is 1.45 bits per heavy atom. The van der Waals surface area contributed by atoms with E-state index in [1.807, 2.05) is 57.2 Å². The number of amides is 2. The third kappa shape index (κ3) is 7.50. The number of benzene rings is 3. The third-order valence-corrected chi connectivity index (χ3v) is 9.02. The number of aryl methyl sites for hydroxylation is 1. The van der Waals surface area contributed by atoms with E-state index in [1.165, 1.54) is 17.0 Å². The van der Waals surface area contributed by atoms with E-state index >= 15 is 0 Å². The van der Waals surface area contributed by atoms with Crippen LogP contribution in [0.1, 0.15) is 63.6 Å². The fourth-order valence-corrected chi connectivity index (χ4v) is 5.73. The molecule has 0 saturated carbocycles. The summed E-state index contributed by atoms with van der Waals surface area (Å²) in [5.41, 5.74) is 3.31. The Morgan fingerprint density at radius 3 is 2.02 bits per heavy atom. The van der Waals surface area contributed by atoms with Crippen LogP contribution in [-0.4, -0.2) is 43.8 Å². The molecule has 0 aliphatic carbocycles. The van der Waals surface area contributed by atoms with Crippen LogP contribution in [0.5, 0.6) is 0 Å². The van der Waals surface area contributed by atoms with Crippen molar-refractivity contribution >= 4 is 27.5 Å². The van der Waals surface area contributed by atoms with Crippen LogP contribution in [0.3, 0.4) is 0 Å². The largest absolute Gasteiger partial charge is 0.352 e. The van der Waals surface area contributed by atoms with E-state index in [1.54, 1.807) is 37.3 Å². The molecule has 0 aliphatic rings. The minimum atomic E-state index is -4.08. The number of rotatable bonds is 12. The van der Waals surface area contributed by atoms with Gasteiger partial charge in [-0.05, 0) is 74.1 Å². The van der Waals surface area contributed by atoms with Crippen LogP contribution in [-0.2, 0) is 26.2 Å². The maximum absolute atomic E-state index is 14.0. The Kier molecular flexibility index (Phi) is 10.5. The van der Waals surface area contributed by atoms with Gasteiger partial charge >= 0.3 is 0 Å². The molecule has 0 unspecified atom stereocenters. The monoisotopic (exact) mass is 563 g/mol. The molecule has 0 heterocycles. The average molecular weight is 564 g/mol. The van der Waals surface area contributed by atoms with Crippen LogP contribution < -0.4 is 9.62 Å². The summed E-state index contributed by atoms with van der Waals surface area (Å²) in [7, 11) is -4.08. The molecule has 8 heteroatoms. The second kappa shape index (κ2) is 13.6. The smallest absolute Gasteiger partial charge is 0.264 e. The average Bonchev–Trinajstić information content (AvgIpc) is 2.95. The van der Waals surface area contributed by atoms with Crippen LogP contribution in [0, 0.1) is 6.92 Å². The van der Waals surface area contributed by atoms with E-state index in [0.717, 1.165) is 27.4 Å². The summed E-state index contributed by atoms with van der Waals surface area (Å²) in [6.07, 6.45) is 0.750. The SMILES string of the molecule is CC[C@@H](C)NC(=O)[C@@H](C)N(Cc1ccccc1C)C(=O)CN(c1ccc(C(C)C)cc1)S(=O)(=O)c1ccccc1. The van der Waals surface area contributed by atoms with Crippen molar-refractivity contribution in [2.75, 3.05) is 10.8 Å². The van der Waals surface area contributed by atoms with Gasteiger partial charge in [0.2, 0.25) is 11.8 Å². The number of hydrogen-bond donors (Lipinski definition) is 1. The fourth-order valence-electron chi connectivity index (χ4n) is 4.29. The lowest BCUT2D eigenvalue weighted by molar-refractivity contribution is -0.139. The van der Waals surface area contributed by atoms with Crippen LogP contribution in [0.2, 0.25) is 0 Å². The molecule has 214 valence electrons. The van der Waals surface area contributed by atoms with Gasteiger partial charge in [0.1, 0.15) is 12.6 Å². The first kappa shape index (κ1) is 30.9. The number of carbonyl (C=O) groups excluding carboxylic acids is 2. The molecule has 0 fully saturated rings. The van der Waals surface area contributed by atoms with Gasteiger partial charge in [-0.3, -0.25) is 13.9 Å². The van der Waals surface area contributed by atoms with Crippen molar-refractivity contribution < 1.29 is 18.0 Å². The first-order valence-electron chi connectivity index (χ1n) is 13.8. The molecular formula is C32H41N3O4S. The van der Waals surface area contributed by atoms with E-state index in [-0.39, 0.29) is 29.3 Å². The van der Waals surface area contributed by atoms with Gasteiger partial charge in [0.15, 0.2) is 0 Å². The number of nitrogens with one attached hydrogen (secondary N) is 1. The molecule has 0 spiro atoms. The molecule has 40 heavy (non-hydrogen) atoms. The minimum Gasteiger partial charge on any atom is -0.352 e. The van der Waals surface area contributed by atoms with Crippen molar-refractivity contribution in [3.05, 3.63) is 95.6 Å².